The minimum absolute atomic E-state index is 1.23. The third-order valence-corrected chi connectivity index (χ3v) is 5.51. The lowest BCUT2D eigenvalue weighted by Gasteiger charge is -2.27. The molecule has 5 nitrogen and oxygen atoms in total. The molecule has 0 aliphatic carbocycles. The van der Waals surface area contributed by atoms with Gasteiger partial charge < -0.3 is 18.8 Å². The second-order valence-corrected chi connectivity index (χ2v) is 15.1. The summed E-state index contributed by atoms with van der Waals surface area (Å²) in [6, 6.07) is 0. The smallest absolute Gasteiger partial charge is 0.456 e. The lowest BCUT2D eigenvalue weighted by Crippen LogP contribution is -2.39. The summed E-state index contributed by atoms with van der Waals surface area (Å²) in [6.07, 6.45) is 0. The van der Waals surface area contributed by atoms with Crippen molar-refractivity contribution in [2.75, 3.05) is 0 Å². The van der Waals surface area contributed by atoms with Crippen LogP contribution >= 0.6 is 7.82 Å². The fraction of sp³-hybridized carbons (Fsp3) is 1.00. The van der Waals surface area contributed by atoms with Gasteiger partial charge in [0.15, 0.2) is 16.6 Å². The van der Waals surface area contributed by atoms with E-state index in [0.29, 0.717) is 0 Å². The average molecular weight is 260 g/mol. The second-order valence-electron chi connectivity index (χ2n) is 4.84. The summed E-state index contributed by atoms with van der Waals surface area (Å²) >= 11 is 0. The molecule has 3 N–H and O–H groups in total. The van der Waals surface area contributed by atoms with E-state index in [1.807, 2.05) is 0 Å². The van der Waals surface area contributed by atoms with E-state index in [2.05, 4.69) is 39.3 Å². The lowest BCUT2D eigenvalue weighted by molar-refractivity contribution is 0.275. The molecule has 0 unspecified atom stereocenters. The van der Waals surface area contributed by atoms with Gasteiger partial charge >= 0.3 is 7.82 Å². The van der Waals surface area contributed by atoms with Crippen molar-refractivity contribution < 1.29 is 23.4 Å². The molecule has 0 aliphatic rings. The molecular weight excluding hydrogens is 239 g/mol. The molecule has 0 heterocycles. The maximum atomic E-state index is 8.88. The van der Waals surface area contributed by atoms with E-state index in [9.17, 15) is 0 Å². The Bertz CT molecular complexity index is 181. The van der Waals surface area contributed by atoms with Crippen LogP contribution in [0.15, 0.2) is 0 Å². The molecule has 88 valence electrons. The highest BCUT2D eigenvalue weighted by molar-refractivity contribution is 7.45. The molecule has 8 heteroatoms. The highest BCUT2D eigenvalue weighted by Gasteiger charge is 2.24. The summed E-state index contributed by atoms with van der Waals surface area (Å²) in [6.45, 7) is 13.4. The Balaban J connectivity index is 0. The zero-order valence-corrected chi connectivity index (χ0v) is 12.5. The predicted molar refractivity (Wildman–Crippen MR) is 62.0 cm³/mol. The van der Waals surface area contributed by atoms with Crippen LogP contribution in [-0.4, -0.2) is 31.3 Å². The van der Waals surface area contributed by atoms with Crippen LogP contribution in [0.25, 0.3) is 0 Å². The fourth-order valence-electron chi connectivity index (χ4n) is 0.919. The third kappa shape index (κ3) is 39.1. The van der Waals surface area contributed by atoms with Crippen LogP contribution in [0.3, 0.4) is 0 Å². The second kappa shape index (κ2) is 5.55. The summed E-state index contributed by atoms with van der Waals surface area (Å²) in [4.78, 5) is 21.6. The maximum Gasteiger partial charge on any atom is 0.466 e. The van der Waals surface area contributed by atoms with Gasteiger partial charge in [-0.15, -0.1) is 0 Å². The molecule has 0 aromatic heterocycles. The van der Waals surface area contributed by atoms with E-state index in [0.717, 1.165) is 0 Å². The Labute approximate surface area is 87.6 Å². The minimum atomic E-state index is -4.64. The zero-order chi connectivity index (χ0) is 12.2. The van der Waals surface area contributed by atoms with Crippen LogP contribution < -0.4 is 0 Å². The van der Waals surface area contributed by atoms with Crippen LogP contribution in [-0.2, 0) is 8.68 Å². The molecule has 0 aromatic carbocycles. The first-order valence-electron chi connectivity index (χ1n) is 4.19. The standard InChI is InChI=1S/C6H18OSi2.H3O4P/c1-8(2,3)7-9(4,5)6;1-5(2,3)4/h1-6H3;(H3,1,2,3,4). The van der Waals surface area contributed by atoms with Crippen molar-refractivity contribution in [1.29, 1.82) is 0 Å². The van der Waals surface area contributed by atoms with Crippen LogP contribution in [0, 0.1) is 0 Å². The number of hydrogen-bond acceptors (Lipinski definition) is 2. The predicted octanol–water partition coefficient (Wildman–Crippen LogP) is 1.74. The average Bonchev–Trinajstić information content (AvgIpc) is 1.42. The highest BCUT2D eigenvalue weighted by Crippen LogP contribution is 2.25. The van der Waals surface area contributed by atoms with E-state index in [1.54, 1.807) is 0 Å². The first kappa shape index (κ1) is 16.9. The third-order valence-electron chi connectivity index (χ3n) is 0.612. The molecule has 0 bridgehead atoms. The van der Waals surface area contributed by atoms with Gasteiger partial charge in [-0.05, 0) is 39.3 Å². The van der Waals surface area contributed by atoms with E-state index in [1.165, 1.54) is 0 Å². The lowest BCUT2D eigenvalue weighted by atomic mass is 11.8. The molecular formula is C6H21O5PSi2. The summed E-state index contributed by atoms with van der Waals surface area (Å²) < 4.78 is 14.8. The van der Waals surface area contributed by atoms with Crippen molar-refractivity contribution >= 4 is 24.5 Å². The van der Waals surface area contributed by atoms with Gasteiger partial charge in [0.1, 0.15) is 0 Å². The summed E-state index contributed by atoms with van der Waals surface area (Å²) in [7, 11) is -7.10. The first-order chi connectivity index (χ1) is 5.71. The van der Waals surface area contributed by atoms with Crippen molar-refractivity contribution in [2.45, 2.75) is 39.3 Å². The maximum absolute atomic E-state index is 8.88. The molecule has 0 spiro atoms. The zero-order valence-electron chi connectivity index (χ0n) is 9.61. The van der Waals surface area contributed by atoms with Crippen LogP contribution in [0.4, 0.5) is 0 Å². The Hall–Kier alpha value is 0.504. The van der Waals surface area contributed by atoms with Crippen LogP contribution in [0.2, 0.25) is 39.3 Å². The van der Waals surface area contributed by atoms with Crippen LogP contribution in [0.5, 0.6) is 0 Å². The minimum Gasteiger partial charge on any atom is -0.456 e. The van der Waals surface area contributed by atoms with Crippen molar-refractivity contribution in [3.63, 3.8) is 0 Å². The van der Waals surface area contributed by atoms with Gasteiger partial charge in [-0.2, -0.15) is 0 Å². The van der Waals surface area contributed by atoms with E-state index in [4.69, 9.17) is 23.4 Å². The fourth-order valence-corrected chi connectivity index (χ4v) is 8.27. The van der Waals surface area contributed by atoms with Crippen LogP contribution in [0.1, 0.15) is 0 Å². The Morgan fingerprint density at radius 3 is 1.00 bits per heavy atom. The molecule has 0 rings (SSSR count). The van der Waals surface area contributed by atoms with E-state index < -0.39 is 24.5 Å². The summed E-state index contributed by atoms with van der Waals surface area (Å²) in [5, 5.41) is 0. The monoisotopic (exact) mass is 260 g/mol. The van der Waals surface area contributed by atoms with Gasteiger partial charge in [0, 0.05) is 0 Å². The molecule has 14 heavy (non-hydrogen) atoms. The van der Waals surface area contributed by atoms with Gasteiger partial charge in [-0.25, -0.2) is 4.57 Å². The molecule has 0 saturated heterocycles. The molecule has 0 aliphatic heterocycles. The molecule has 0 saturated carbocycles. The number of rotatable bonds is 2. The van der Waals surface area contributed by atoms with Crippen molar-refractivity contribution in [1.82, 2.24) is 0 Å². The van der Waals surface area contributed by atoms with Gasteiger partial charge in [-0.1, -0.05) is 0 Å². The highest BCUT2D eigenvalue weighted by atomic mass is 31.2. The first-order valence-corrected chi connectivity index (χ1v) is 12.6. The summed E-state index contributed by atoms with van der Waals surface area (Å²) in [5.41, 5.74) is 0. The van der Waals surface area contributed by atoms with E-state index >= 15 is 0 Å². The van der Waals surface area contributed by atoms with Gasteiger partial charge in [0.25, 0.3) is 0 Å². The molecule has 0 amide bonds. The largest absolute Gasteiger partial charge is 0.466 e. The van der Waals surface area contributed by atoms with Gasteiger partial charge in [-0.3, -0.25) is 0 Å². The Kier molecular flexibility index (Phi) is 6.71. The Morgan fingerprint density at radius 1 is 0.857 bits per heavy atom. The molecule has 0 atom stereocenters. The number of hydrogen-bond donors (Lipinski definition) is 3. The normalized spacial score (nSPS) is 13.2. The van der Waals surface area contributed by atoms with Gasteiger partial charge in [0.2, 0.25) is 0 Å². The quantitative estimate of drug-likeness (QED) is 0.520. The summed E-state index contributed by atoms with van der Waals surface area (Å²) in [5.74, 6) is 0. The molecule has 0 radical (unpaired) electrons. The Morgan fingerprint density at radius 2 is 1.00 bits per heavy atom. The van der Waals surface area contributed by atoms with Crippen molar-refractivity contribution in [3.05, 3.63) is 0 Å². The number of phosphoric acid groups is 1. The van der Waals surface area contributed by atoms with Crippen molar-refractivity contribution in [3.8, 4) is 0 Å². The van der Waals surface area contributed by atoms with E-state index in [-0.39, 0.29) is 0 Å². The van der Waals surface area contributed by atoms with Gasteiger partial charge in [0.05, 0.1) is 0 Å². The SMILES string of the molecule is C[Si](C)(C)O[Si](C)(C)C.O=P(O)(O)O. The molecule has 0 fully saturated rings. The van der Waals surface area contributed by atoms with Crippen molar-refractivity contribution in [2.24, 2.45) is 0 Å². The molecule has 0 aromatic rings. The topological polar surface area (TPSA) is 87.0 Å².